The summed E-state index contributed by atoms with van der Waals surface area (Å²) in [6, 6.07) is 7.89. The molecule has 0 saturated carbocycles. The Hall–Kier alpha value is -2.68. The number of nitrogens with zero attached hydrogens (tertiary/aromatic N) is 4. The maximum absolute atomic E-state index is 11.6. The lowest BCUT2D eigenvalue weighted by Crippen LogP contribution is -2.29. The van der Waals surface area contributed by atoms with E-state index in [1.165, 1.54) is 0 Å². The minimum absolute atomic E-state index is 0.519. The number of benzene rings is 1. The van der Waals surface area contributed by atoms with Crippen LogP contribution >= 0.6 is 0 Å². The standard InChI is InChI=1S/C17H20N4O2/c1-16(2,9-18)13-5-12(8-21-10-19-20-11-21)6-14(7-13)17(3,4)15(22)23/h5-7,10-11H,8H2,1-4H3,(H,22,23). The summed E-state index contributed by atoms with van der Waals surface area (Å²) in [6.45, 7) is 7.49. The number of carboxylic acids is 1. The zero-order chi connectivity index (χ0) is 17.3. The molecule has 0 amide bonds. The third-order valence-electron chi connectivity index (χ3n) is 4.08. The van der Waals surface area contributed by atoms with E-state index in [4.69, 9.17) is 0 Å². The number of nitriles is 1. The lowest BCUT2D eigenvalue weighted by atomic mass is 9.78. The van der Waals surface area contributed by atoms with Crippen LogP contribution in [0.3, 0.4) is 0 Å². The van der Waals surface area contributed by atoms with Crippen LogP contribution in [0, 0.1) is 11.3 Å². The van der Waals surface area contributed by atoms with Gasteiger partial charge >= 0.3 is 5.97 Å². The third-order valence-corrected chi connectivity index (χ3v) is 4.08. The van der Waals surface area contributed by atoms with Gasteiger partial charge in [-0.3, -0.25) is 4.79 Å². The molecule has 0 aliphatic heterocycles. The maximum Gasteiger partial charge on any atom is 0.313 e. The molecular formula is C17H20N4O2. The predicted octanol–water partition coefficient (Wildman–Crippen LogP) is 2.49. The number of rotatable bonds is 5. The summed E-state index contributed by atoms with van der Waals surface area (Å²) in [6.07, 6.45) is 3.20. The van der Waals surface area contributed by atoms with Crippen molar-refractivity contribution in [3.63, 3.8) is 0 Å². The molecule has 1 aromatic heterocycles. The number of hydrogen-bond donors (Lipinski definition) is 1. The largest absolute Gasteiger partial charge is 0.481 e. The molecule has 1 heterocycles. The van der Waals surface area contributed by atoms with Crippen molar-refractivity contribution in [2.75, 3.05) is 0 Å². The second-order valence-corrected chi connectivity index (χ2v) is 6.72. The van der Waals surface area contributed by atoms with Crippen LogP contribution < -0.4 is 0 Å². The van der Waals surface area contributed by atoms with E-state index >= 15 is 0 Å². The van der Waals surface area contributed by atoms with Crippen molar-refractivity contribution in [2.45, 2.75) is 45.1 Å². The van der Waals surface area contributed by atoms with Crippen LogP contribution in [0.2, 0.25) is 0 Å². The summed E-state index contributed by atoms with van der Waals surface area (Å²) >= 11 is 0. The molecule has 2 aromatic rings. The van der Waals surface area contributed by atoms with Gasteiger partial charge in [-0.05, 0) is 44.4 Å². The van der Waals surface area contributed by atoms with Gasteiger partial charge in [0.25, 0.3) is 0 Å². The van der Waals surface area contributed by atoms with Crippen LogP contribution in [0.5, 0.6) is 0 Å². The van der Waals surface area contributed by atoms with Gasteiger partial charge in [-0.25, -0.2) is 0 Å². The highest BCUT2D eigenvalue weighted by Crippen LogP contribution is 2.31. The second-order valence-electron chi connectivity index (χ2n) is 6.72. The van der Waals surface area contributed by atoms with Crippen molar-refractivity contribution >= 4 is 5.97 Å². The number of aromatic nitrogens is 3. The van der Waals surface area contributed by atoms with Crippen molar-refractivity contribution in [1.82, 2.24) is 14.8 Å². The van der Waals surface area contributed by atoms with Gasteiger partial charge in [0.15, 0.2) is 0 Å². The summed E-state index contributed by atoms with van der Waals surface area (Å²) in [5, 5.41) is 26.5. The van der Waals surface area contributed by atoms with Gasteiger partial charge in [0, 0.05) is 0 Å². The van der Waals surface area contributed by atoms with E-state index in [-0.39, 0.29) is 0 Å². The molecule has 2 rings (SSSR count). The third kappa shape index (κ3) is 3.39. The Morgan fingerprint density at radius 3 is 2.26 bits per heavy atom. The fourth-order valence-corrected chi connectivity index (χ4v) is 2.21. The minimum atomic E-state index is -1.04. The summed E-state index contributed by atoms with van der Waals surface area (Å²) in [4.78, 5) is 11.6. The fourth-order valence-electron chi connectivity index (χ4n) is 2.21. The van der Waals surface area contributed by atoms with Crippen molar-refractivity contribution in [2.24, 2.45) is 0 Å². The van der Waals surface area contributed by atoms with Gasteiger partial charge in [0.1, 0.15) is 12.7 Å². The zero-order valence-corrected chi connectivity index (χ0v) is 13.7. The number of carbonyl (C=O) groups is 1. The quantitative estimate of drug-likeness (QED) is 0.915. The maximum atomic E-state index is 11.6. The average Bonchev–Trinajstić information content (AvgIpc) is 2.99. The molecule has 6 nitrogen and oxygen atoms in total. The Morgan fingerprint density at radius 2 is 1.74 bits per heavy atom. The normalized spacial score (nSPS) is 12.0. The molecule has 0 fully saturated rings. The van der Waals surface area contributed by atoms with Gasteiger partial charge in [0.05, 0.1) is 23.4 Å². The molecule has 0 aliphatic carbocycles. The first-order valence-electron chi connectivity index (χ1n) is 7.29. The van der Waals surface area contributed by atoms with E-state index in [0.29, 0.717) is 12.1 Å². The minimum Gasteiger partial charge on any atom is -0.481 e. The molecule has 0 atom stereocenters. The Morgan fingerprint density at radius 1 is 1.17 bits per heavy atom. The molecule has 120 valence electrons. The first-order valence-corrected chi connectivity index (χ1v) is 7.29. The van der Waals surface area contributed by atoms with Crippen LogP contribution in [-0.4, -0.2) is 25.8 Å². The smallest absolute Gasteiger partial charge is 0.313 e. The van der Waals surface area contributed by atoms with Gasteiger partial charge in [-0.15, -0.1) is 10.2 Å². The Kier molecular flexibility index (Phi) is 4.24. The lowest BCUT2D eigenvalue weighted by molar-refractivity contribution is -0.142. The molecule has 0 saturated heterocycles. The van der Waals surface area contributed by atoms with Crippen LogP contribution in [0.25, 0.3) is 0 Å². The van der Waals surface area contributed by atoms with Crippen molar-refractivity contribution in [3.8, 4) is 6.07 Å². The summed E-state index contributed by atoms with van der Waals surface area (Å²) in [5.74, 6) is -0.903. The molecular weight excluding hydrogens is 292 g/mol. The summed E-state index contributed by atoms with van der Waals surface area (Å²) in [7, 11) is 0. The topological polar surface area (TPSA) is 91.8 Å². The van der Waals surface area contributed by atoms with Gasteiger partial charge in [-0.1, -0.05) is 18.2 Å². The van der Waals surface area contributed by atoms with E-state index in [1.807, 2.05) is 32.0 Å². The molecule has 0 radical (unpaired) electrons. The van der Waals surface area contributed by atoms with Crippen LogP contribution in [0.1, 0.15) is 44.4 Å². The van der Waals surface area contributed by atoms with Crippen molar-refractivity contribution in [1.29, 1.82) is 5.26 Å². The van der Waals surface area contributed by atoms with Crippen molar-refractivity contribution in [3.05, 3.63) is 47.5 Å². The van der Waals surface area contributed by atoms with E-state index in [0.717, 1.165) is 11.1 Å². The van der Waals surface area contributed by atoms with E-state index < -0.39 is 16.8 Å². The molecule has 23 heavy (non-hydrogen) atoms. The zero-order valence-electron chi connectivity index (χ0n) is 13.7. The molecule has 0 spiro atoms. The molecule has 1 N–H and O–H groups in total. The lowest BCUT2D eigenvalue weighted by Gasteiger charge is -2.25. The van der Waals surface area contributed by atoms with Crippen LogP contribution in [0.15, 0.2) is 30.9 Å². The van der Waals surface area contributed by atoms with Crippen molar-refractivity contribution < 1.29 is 9.90 Å². The van der Waals surface area contributed by atoms with Gasteiger partial charge in [0.2, 0.25) is 0 Å². The van der Waals surface area contributed by atoms with Gasteiger partial charge < -0.3 is 9.67 Å². The highest BCUT2D eigenvalue weighted by molar-refractivity contribution is 5.80. The molecule has 1 aromatic carbocycles. The predicted molar refractivity (Wildman–Crippen MR) is 84.9 cm³/mol. The Bertz CT molecular complexity index is 755. The molecule has 6 heteroatoms. The highest BCUT2D eigenvalue weighted by Gasteiger charge is 2.31. The Balaban J connectivity index is 2.57. The van der Waals surface area contributed by atoms with E-state index in [1.54, 1.807) is 31.1 Å². The SMILES string of the molecule is CC(C)(C#N)c1cc(Cn2cnnc2)cc(C(C)(C)C(=O)O)c1. The molecule has 0 aliphatic rings. The van der Waals surface area contributed by atoms with Crippen LogP contribution in [0.4, 0.5) is 0 Å². The number of carboxylic acid groups (broad SMARTS) is 1. The summed E-state index contributed by atoms with van der Waals surface area (Å²) in [5.41, 5.74) is 0.648. The fraction of sp³-hybridized carbons (Fsp3) is 0.412. The summed E-state index contributed by atoms with van der Waals surface area (Å²) < 4.78 is 1.80. The second kappa shape index (κ2) is 5.84. The van der Waals surface area contributed by atoms with Crippen LogP contribution in [-0.2, 0) is 22.2 Å². The van der Waals surface area contributed by atoms with Gasteiger partial charge in [-0.2, -0.15) is 5.26 Å². The first kappa shape index (κ1) is 16.7. The highest BCUT2D eigenvalue weighted by atomic mass is 16.4. The monoisotopic (exact) mass is 312 g/mol. The number of aliphatic carboxylic acids is 1. The van der Waals surface area contributed by atoms with E-state index in [2.05, 4.69) is 16.3 Å². The first-order chi connectivity index (χ1) is 10.7. The molecule has 0 bridgehead atoms. The average molecular weight is 312 g/mol. The number of hydrogen-bond acceptors (Lipinski definition) is 4. The Labute approximate surface area is 135 Å². The molecule has 0 unspecified atom stereocenters. The van der Waals surface area contributed by atoms with E-state index in [9.17, 15) is 15.2 Å².